The molecule has 16 heavy (non-hydrogen) atoms. The van der Waals surface area contributed by atoms with Crippen molar-refractivity contribution in [1.29, 1.82) is 0 Å². The van der Waals surface area contributed by atoms with Gasteiger partial charge >= 0.3 is 6.18 Å². The maximum absolute atomic E-state index is 12.4. The summed E-state index contributed by atoms with van der Waals surface area (Å²) in [7, 11) is 0. The van der Waals surface area contributed by atoms with Crippen LogP contribution in [0.25, 0.3) is 0 Å². The minimum Gasteiger partial charge on any atom is -0.286 e. The fraction of sp³-hybridized carbons (Fsp3) is 0.636. The Kier molecular flexibility index (Phi) is 3.88. The van der Waals surface area contributed by atoms with Crippen molar-refractivity contribution in [2.75, 3.05) is 6.54 Å². The molecule has 0 saturated heterocycles. The maximum atomic E-state index is 12.4. The van der Waals surface area contributed by atoms with Gasteiger partial charge in [-0.05, 0) is 17.4 Å². The molecule has 0 fully saturated rings. The highest BCUT2D eigenvalue weighted by molar-refractivity contribution is 5.95. The quantitative estimate of drug-likeness (QED) is 0.698. The van der Waals surface area contributed by atoms with Gasteiger partial charge in [-0.2, -0.15) is 13.2 Å². The number of nitrogens with zero attached hydrogens (tertiary/aromatic N) is 2. The molecule has 1 heterocycles. The van der Waals surface area contributed by atoms with Gasteiger partial charge in [0.05, 0.1) is 6.54 Å². The summed E-state index contributed by atoms with van der Waals surface area (Å²) < 4.78 is 37.1. The molecule has 0 bridgehead atoms. The van der Waals surface area contributed by atoms with Gasteiger partial charge in [-0.3, -0.25) is 9.98 Å². The van der Waals surface area contributed by atoms with Crippen LogP contribution >= 0.6 is 0 Å². The van der Waals surface area contributed by atoms with Gasteiger partial charge < -0.3 is 0 Å². The highest BCUT2D eigenvalue weighted by atomic mass is 19.4. The summed E-state index contributed by atoms with van der Waals surface area (Å²) in [6.45, 7) is 5.59. The first kappa shape index (κ1) is 12.9. The van der Waals surface area contributed by atoms with E-state index in [2.05, 4.69) is 9.98 Å². The smallest absolute Gasteiger partial charge is 0.286 e. The molecular weight excluding hydrogens is 217 g/mol. The fourth-order valence-corrected chi connectivity index (χ4v) is 1.25. The number of hydrogen-bond acceptors (Lipinski definition) is 2. The number of aliphatic imine (C=N–C) groups is 2. The van der Waals surface area contributed by atoms with Crippen LogP contribution in [0.5, 0.6) is 0 Å². The second-order valence-electron chi connectivity index (χ2n) is 4.21. The zero-order valence-electron chi connectivity index (χ0n) is 9.54. The number of allylic oxidation sites excluding steroid dienone is 1. The molecule has 0 aromatic heterocycles. The Morgan fingerprint density at radius 2 is 1.88 bits per heavy atom. The van der Waals surface area contributed by atoms with Gasteiger partial charge in [0.2, 0.25) is 0 Å². The molecule has 1 unspecified atom stereocenters. The number of hydrogen-bond donors (Lipinski definition) is 0. The van der Waals surface area contributed by atoms with E-state index in [-0.39, 0.29) is 5.92 Å². The molecule has 90 valence electrons. The summed E-state index contributed by atoms with van der Waals surface area (Å²) in [6, 6.07) is 0. The Labute approximate surface area is 93.0 Å². The summed E-state index contributed by atoms with van der Waals surface area (Å²) in [5.41, 5.74) is -0.0936. The molecule has 1 atom stereocenters. The van der Waals surface area contributed by atoms with Crippen molar-refractivity contribution in [3.05, 3.63) is 11.8 Å². The maximum Gasteiger partial charge on any atom is 0.431 e. The number of alkyl halides is 3. The molecule has 0 amide bonds. The van der Waals surface area contributed by atoms with Crippen molar-refractivity contribution in [3.63, 3.8) is 0 Å². The van der Waals surface area contributed by atoms with Crippen LogP contribution in [-0.2, 0) is 0 Å². The molecule has 0 aliphatic carbocycles. The van der Waals surface area contributed by atoms with Crippen molar-refractivity contribution < 1.29 is 13.2 Å². The van der Waals surface area contributed by atoms with E-state index in [0.29, 0.717) is 5.92 Å². The number of halogens is 3. The lowest BCUT2D eigenvalue weighted by molar-refractivity contribution is -0.0595. The molecule has 2 nitrogen and oxygen atoms in total. The lowest BCUT2D eigenvalue weighted by Gasteiger charge is -2.14. The van der Waals surface area contributed by atoms with Crippen LogP contribution in [0.2, 0.25) is 0 Å². The highest BCUT2D eigenvalue weighted by Crippen LogP contribution is 2.22. The van der Waals surface area contributed by atoms with E-state index in [4.69, 9.17) is 0 Å². The average Bonchev–Trinajstić information content (AvgIpc) is 2.40. The molecule has 5 heteroatoms. The molecule has 0 spiro atoms. The van der Waals surface area contributed by atoms with Crippen LogP contribution < -0.4 is 0 Å². The summed E-state index contributed by atoms with van der Waals surface area (Å²) in [5, 5.41) is 0. The molecule has 0 N–H and O–H groups in total. The van der Waals surface area contributed by atoms with Crippen molar-refractivity contribution in [2.24, 2.45) is 21.8 Å². The Bertz CT molecular complexity index is 338. The highest BCUT2D eigenvalue weighted by Gasteiger charge is 2.35. The molecule has 1 rings (SSSR count). The van der Waals surface area contributed by atoms with E-state index < -0.39 is 18.4 Å². The van der Waals surface area contributed by atoms with E-state index in [1.165, 1.54) is 12.4 Å². The lowest BCUT2D eigenvalue weighted by atomic mass is 9.91. The van der Waals surface area contributed by atoms with Crippen molar-refractivity contribution >= 4 is 11.9 Å². The van der Waals surface area contributed by atoms with Crippen molar-refractivity contribution in [2.45, 2.75) is 26.9 Å². The molecule has 0 saturated carbocycles. The third-order valence-corrected chi connectivity index (χ3v) is 2.70. The van der Waals surface area contributed by atoms with Crippen LogP contribution in [0.3, 0.4) is 0 Å². The van der Waals surface area contributed by atoms with Gasteiger partial charge in [0.15, 0.2) is 0 Å². The largest absolute Gasteiger partial charge is 0.431 e. The van der Waals surface area contributed by atoms with E-state index in [1.54, 1.807) is 0 Å². The summed E-state index contributed by atoms with van der Waals surface area (Å²) in [4.78, 5) is 7.24. The van der Waals surface area contributed by atoms with Crippen LogP contribution in [0, 0.1) is 11.8 Å². The standard InChI is InChI=1S/C11H15F3N2/c1-7(2)8(3)9-4-15-6-10(16-5-9)11(12,13)14/h4-5,7-8H,6H2,1-3H3. The Balaban J connectivity index is 2.92. The van der Waals surface area contributed by atoms with Gasteiger partial charge in [-0.25, -0.2) is 0 Å². The normalized spacial score (nSPS) is 19.2. The van der Waals surface area contributed by atoms with Crippen LogP contribution in [0.15, 0.2) is 21.8 Å². The Hall–Kier alpha value is -1.13. The van der Waals surface area contributed by atoms with Crippen molar-refractivity contribution in [1.82, 2.24) is 0 Å². The monoisotopic (exact) mass is 232 g/mol. The lowest BCUT2D eigenvalue weighted by Crippen LogP contribution is -2.25. The second-order valence-corrected chi connectivity index (χ2v) is 4.21. The first-order valence-corrected chi connectivity index (χ1v) is 5.16. The van der Waals surface area contributed by atoms with Gasteiger partial charge in [-0.1, -0.05) is 20.8 Å². The van der Waals surface area contributed by atoms with Crippen molar-refractivity contribution in [3.8, 4) is 0 Å². The first-order chi connectivity index (χ1) is 7.32. The van der Waals surface area contributed by atoms with Gasteiger partial charge in [0.1, 0.15) is 5.71 Å². The minimum absolute atomic E-state index is 0.153. The summed E-state index contributed by atoms with van der Waals surface area (Å²) >= 11 is 0. The molecule has 1 aliphatic heterocycles. The zero-order chi connectivity index (χ0) is 12.3. The zero-order valence-corrected chi connectivity index (χ0v) is 9.54. The third-order valence-electron chi connectivity index (χ3n) is 2.70. The third kappa shape index (κ3) is 3.18. The van der Waals surface area contributed by atoms with Crippen LogP contribution in [-0.4, -0.2) is 24.6 Å². The number of rotatable bonds is 2. The Morgan fingerprint density at radius 1 is 1.25 bits per heavy atom. The molecule has 1 aliphatic rings. The van der Waals surface area contributed by atoms with E-state index in [1.807, 2.05) is 20.8 Å². The topological polar surface area (TPSA) is 24.7 Å². The van der Waals surface area contributed by atoms with Gasteiger partial charge in [0, 0.05) is 12.4 Å². The molecule has 0 radical (unpaired) electrons. The van der Waals surface area contributed by atoms with E-state index in [0.717, 1.165) is 5.57 Å². The van der Waals surface area contributed by atoms with Gasteiger partial charge in [-0.15, -0.1) is 0 Å². The second kappa shape index (κ2) is 4.80. The SMILES string of the molecule is CC(C)C(C)C1=CN=C(C(F)(F)F)CN=C1. The predicted octanol–water partition coefficient (Wildman–Crippen LogP) is 3.25. The summed E-state index contributed by atoms with van der Waals surface area (Å²) in [6.07, 6.45) is -1.61. The fourth-order valence-electron chi connectivity index (χ4n) is 1.25. The minimum atomic E-state index is -4.38. The Morgan fingerprint density at radius 3 is 2.38 bits per heavy atom. The molecular formula is C11H15F3N2. The van der Waals surface area contributed by atoms with Crippen LogP contribution in [0.1, 0.15) is 20.8 Å². The first-order valence-electron chi connectivity index (χ1n) is 5.16. The summed E-state index contributed by atoms with van der Waals surface area (Å²) in [5.74, 6) is 0.500. The van der Waals surface area contributed by atoms with E-state index >= 15 is 0 Å². The predicted molar refractivity (Wildman–Crippen MR) is 58.9 cm³/mol. The average molecular weight is 232 g/mol. The van der Waals surface area contributed by atoms with Gasteiger partial charge in [0.25, 0.3) is 0 Å². The van der Waals surface area contributed by atoms with Crippen LogP contribution in [0.4, 0.5) is 13.2 Å². The molecule has 0 aromatic carbocycles. The molecule has 0 aromatic rings. The van der Waals surface area contributed by atoms with E-state index in [9.17, 15) is 13.2 Å².